The summed E-state index contributed by atoms with van der Waals surface area (Å²) in [6, 6.07) is 13.6. The number of anilines is 1. The van der Waals surface area contributed by atoms with Crippen molar-refractivity contribution in [1.82, 2.24) is 5.32 Å². The SMILES string of the molecule is CC(C)c1cccc(NC(=O)[C@@H](C)NC(=O)c2ccc(Cl)cc2)c1. The summed E-state index contributed by atoms with van der Waals surface area (Å²) < 4.78 is 0. The predicted octanol–water partition coefficient (Wildman–Crippen LogP) is 4.22. The number of nitrogens with one attached hydrogen (secondary N) is 2. The third-order valence-electron chi connectivity index (χ3n) is 3.67. The van der Waals surface area contributed by atoms with E-state index >= 15 is 0 Å². The van der Waals surface area contributed by atoms with Gasteiger partial charge in [-0.05, 0) is 54.8 Å². The van der Waals surface area contributed by atoms with Crippen molar-refractivity contribution < 1.29 is 9.59 Å². The average molecular weight is 345 g/mol. The van der Waals surface area contributed by atoms with Crippen LogP contribution in [0, 0.1) is 0 Å². The number of hydrogen-bond acceptors (Lipinski definition) is 2. The lowest BCUT2D eigenvalue weighted by molar-refractivity contribution is -0.117. The van der Waals surface area contributed by atoms with Crippen molar-refractivity contribution in [2.24, 2.45) is 0 Å². The van der Waals surface area contributed by atoms with E-state index < -0.39 is 6.04 Å². The second-order valence-corrected chi connectivity index (χ2v) is 6.41. The summed E-state index contributed by atoms with van der Waals surface area (Å²) in [5, 5.41) is 6.06. The van der Waals surface area contributed by atoms with Crippen LogP contribution in [0.15, 0.2) is 48.5 Å². The van der Waals surface area contributed by atoms with Crippen molar-refractivity contribution in [2.75, 3.05) is 5.32 Å². The Kier molecular flexibility index (Phi) is 5.99. The maximum absolute atomic E-state index is 12.3. The Morgan fingerprint density at radius 1 is 1.00 bits per heavy atom. The summed E-state index contributed by atoms with van der Waals surface area (Å²) in [5.74, 6) is -0.202. The van der Waals surface area contributed by atoms with Gasteiger partial charge in [0.2, 0.25) is 5.91 Å². The molecule has 2 aromatic carbocycles. The maximum atomic E-state index is 12.3. The minimum Gasteiger partial charge on any atom is -0.341 e. The van der Waals surface area contributed by atoms with Crippen LogP contribution in [0.5, 0.6) is 0 Å². The van der Waals surface area contributed by atoms with E-state index in [4.69, 9.17) is 11.6 Å². The van der Waals surface area contributed by atoms with Gasteiger partial charge in [-0.3, -0.25) is 9.59 Å². The molecule has 0 aromatic heterocycles. The van der Waals surface area contributed by atoms with E-state index in [0.29, 0.717) is 16.5 Å². The Bertz CT molecular complexity index is 726. The molecule has 0 bridgehead atoms. The monoisotopic (exact) mass is 344 g/mol. The molecule has 126 valence electrons. The largest absolute Gasteiger partial charge is 0.341 e. The molecule has 0 fully saturated rings. The van der Waals surface area contributed by atoms with E-state index in [2.05, 4.69) is 24.5 Å². The number of carbonyl (C=O) groups is 2. The molecule has 2 N–H and O–H groups in total. The van der Waals surface area contributed by atoms with E-state index in [9.17, 15) is 9.59 Å². The lowest BCUT2D eigenvalue weighted by Crippen LogP contribution is -2.41. The first-order valence-corrected chi connectivity index (χ1v) is 8.22. The van der Waals surface area contributed by atoms with Gasteiger partial charge < -0.3 is 10.6 Å². The highest BCUT2D eigenvalue weighted by atomic mass is 35.5. The molecule has 4 nitrogen and oxygen atoms in total. The van der Waals surface area contributed by atoms with E-state index in [1.807, 2.05) is 24.3 Å². The number of benzene rings is 2. The number of carbonyl (C=O) groups excluding carboxylic acids is 2. The summed E-state index contributed by atoms with van der Waals surface area (Å²) in [4.78, 5) is 24.4. The summed E-state index contributed by atoms with van der Waals surface area (Å²) in [7, 11) is 0. The molecule has 1 atom stereocenters. The van der Waals surface area contributed by atoms with Crippen LogP contribution in [-0.2, 0) is 4.79 Å². The maximum Gasteiger partial charge on any atom is 0.251 e. The fourth-order valence-corrected chi connectivity index (χ4v) is 2.30. The molecule has 0 radical (unpaired) electrons. The van der Waals surface area contributed by atoms with Crippen LogP contribution >= 0.6 is 11.6 Å². The van der Waals surface area contributed by atoms with Crippen molar-refractivity contribution >= 4 is 29.1 Å². The summed E-state index contributed by atoms with van der Waals surface area (Å²) >= 11 is 5.80. The molecule has 0 heterocycles. The van der Waals surface area contributed by atoms with Crippen molar-refractivity contribution in [1.29, 1.82) is 0 Å². The zero-order chi connectivity index (χ0) is 17.7. The zero-order valence-electron chi connectivity index (χ0n) is 14.0. The summed E-state index contributed by atoms with van der Waals surface area (Å²) in [6.45, 7) is 5.83. The van der Waals surface area contributed by atoms with Crippen molar-refractivity contribution in [3.05, 3.63) is 64.7 Å². The topological polar surface area (TPSA) is 58.2 Å². The minimum absolute atomic E-state index is 0.266. The Labute approximate surface area is 147 Å². The Morgan fingerprint density at radius 3 is 2.29 bits per heavy atom. The molecule has 2 amide bonds. The van der Waals surface area contributed by atoms with E-state index in [0.717, 1.165) is 11.3 Å². The van der Waals surface area contributed by atoms with Crippen molar-refractivity contribution in [2.45, 2.75) is 32.7 Å². The molecule has 0 saturated heterocycles. The molecule has 0 unspecified atom stereocenters. The zero-order valence-corrected chi connectivity index (χ0v) is 14.7. The second-order valence-electron chi connectivity index (χ2n) is 5.97. The van der Waals surface area contributed by atoms with Gasteiger partial charge in [-0.1, -0.05) is 37.6 Å². The number of hydrogen-bond donors (Lipinski definition) is 2. The van der Waals surface area contributed by atoms with Gasteiger partial charge in [-0.2, -0.15) is 0 Å². The van der Waals surface area contributed by atoms with Crippen molar-refractivity contribution in [3.63, 3.8) is 0 Å². The first-order valence-electron chi connectivity index (χ1n) is 7.84. The van der Waals surface area contributed by atoms with Crippen LogP contribution < -0.4 is 10.6 Å². The quantitative estimate of drug-likeness (QED) is 0.853. The fourth-order valence-electron chi connectivity index (χ4n) is 2.17. The number of halogens is 1. The van der Waals surface area contributed by atoms with Gasteiger partial charge in [0.15, 0.2) is 0 Å². The normalized spacial score (nSPS) is 11.9. The lowest BCUT2D eigenvalue weighted by atomic mass is 10.0. The standard InChI is InChI=1S/C19H21ClN2O2/c1-12(2)15-5-4-6-17(11-15)22-18(23)13(3)21-19(24)14-7-9-16(20)10-8-14/h4-13H,1-3H3,(H,21,24)(H,22,23)/t13-/m1/s1. The molecule has 5 heteroatoms. The first-order chi connectivity index (χ1) is 11.4. The van der Waals surface area contributed by atoms with Crippen LogP contribution in [0.25, 0.3) is 0 Å². The smallest absolute Gasteiger partial charge is 0.251 e. The van der Waals surface area contributed by atoms with E-state index in [-0.39, 0.29) is 11.8 Å². The third kappa shape index (κ3) is 4.83. The molecule has 2 aromatic rings. The van der Waals surface area contributed by atoms with E-state index in [1.165, 1.54) is 0 Å². The van der Waals surface area contributed by atoms with Crippen molar-refractivity contribution in [3.8, 4) is 0 Å². The van der Waals surface area contributed by atoms with Gasteiger partial charge in [0.1, 0.15) is 6.04 Å². The van der Waals surface area contributed by atoms with Gasteiger partial charge in [-0.15, -0.1) is 0 Å². The van der Waals surface area contributed by atoms with Gasteiger partial charge in [0.25, 0.3) is 5.91 Å². The van der Waals surface area contributed by atoms with Crippen LogP contribution in [0.4, 0.5) is 5.69 Å². The minimum atomic E-state index is -0.657. The fraction of sp³-hybridized carbons (Fsp3) is 0.263. The van der Waals surface area contributed by atoms with Gasteiger partial charge >= 0.3 is 0 Å². The van der Waals surface area contributed by atoms with Crippen LogP contribution in [-0.4, -0.2) is 17.9 Å². The lowest BCUT2D eigenvalue weighted by Gasteiger charge is -2.15. The highest BCUT2D eigenvalue weighted by Crippen LogP contribution is 2.18. The molecule has 2 rings (SSSR count). The average Bonchev–Trinajstić information content (AvgIpc) is 2.55. The predicted molar refractivity (Wildman–Crippen MR) is 97.5 cm³/mol. The molecule has 0 spiro atoms. The molecular weight excluding hydrogens is 324 g/mol. The third-order valence-corrected chi connectivity index (χ3v) is 3.92. The van der Waals surface area contributed by atoms with Gasteiger partial charge in [0, 0.05) is 16.3 Å². The highest BCUT2D eigenvalue weighted by molar-refractivity contribution is 6.30. The van der Waals surface area contributed by atoms with Gasteiger partial charge in [0.05, 0.1) is 0 Å². The summed E-state index contributed by atoms with van der Waals surface area (Å²) in [5.41, 5.74) is 2.32. The highest BCUT2D eigenvalue weighted by Gasteiger charge is 2.17. The summed E-state index contributed by atoms with van der Waals surface area (Å²) in [6.07, 6.45) is 0. The Morgan fingerprint density at radius 2 is 1.67 bits per heavy atom. The van der Waals surface area contributed by atoms with Crippen LogP contribution in [0.2, 0.25) is 5.02 Å². The van der Waals surface area contributed by atoms with Crippen LogP contribution in [0.3, 0.4) is 0 Å². The number of amides is 2. The van der Waals surface area contributed by atoms with Gasteiger partial charge in [-0.25, -0.2) is 0 Å². The molecule has 24 heavy (non-hydrogen) atoms. The van der Waals surface area contributed by atoms with E-state index in [1.54, 1.807) is 31.2 Å². The second kappa shape index (κ2) is 7.97. The molecule has 0 aliphatic heterocycles. The first kappa shape index (κ1) is 18.0. The molecule has 0 aliphatic carbocycles. The molecule has 0 aliphatic rings. The Hall–Kier alpha value is -2.33. The van der Waals surface area contributed by atoms with Crippen LogP contribution in [0.1, 0.15) is 42.6 Å². The number of rotatable bonds is 5. The molecular formula is C19H21ClN2O2. The molecule has 0 saturated carbocycles. The Balaban J connectivity index is 1.98.